The van der Waals surface area contributed by atoms with E-state index in [1.165, 1.54) is 18.5 Å². The van der Waals surface area contributed by atoms with E-state index in [-0.39, 0.29) is 0 Å². The summed E-state index contributed by atoms with van der Waals surface area (Å²) in [5, 5.41) is 8.25. The molecule has 3 rings (SSSR count). The first kappa shape index (κ1) is 14.3. The minimum absolute atomic E-state index is 0.457. The highest BCUT2D eigenvalue weighted by atomic mass is 15.3. The molecule has 114 valence electrons. The lowest BCUT2D eigenvalue weighted by Crippen LogP contribution is -2.19. The van der Waals surface area contributed by atoms with E-state index in [4.69, 9.17) is 5.10 Å². The molecule has 5 heteroatoms. The summed E-state index contributed by atoms with van der Waals surface area (Å²) in [5.74, 6) is 1.06. The van der Waals surface area contributed by atoms with Gasteiger partial charge in [-0.2, -0.15) is 5.10 Å². The SMILES string of the molecule is CCC(C)n1ccc(Cn2c(CNC3CC3)cnc2C)n1. The summed E-state index contributed by atoms with van der Waals surface area (Å²) in [5.41, 5.74) is 2.35. The Morgan fingerprint density at radius 3 is 2.95 bits per heavy atom. The zero-order chi connectivity index (χ0) is 14.8. The van der Waals surface area contributed by atoms with Gasteiger partial charge in [-0.15, -0.1) is 0 Å². The second kappa shape index (κ2) is 6.02. The van der Waals surface area contributed by atoms with Crippen molar-refractivity contribution in [1.82, 2.24) is 24.6 Å². The predicted molar refractivity (Wildman–Crippen MR) is 83.2 cm³/mol. The molecule has 0 radical (unpaired) electrons. The van der Waals surface area contributed by atoms with Crippen LogP contribution in [-0.4, -0.2) is 25.4 Å². The molecule has 0 spiro atoms. The highest BCUT2D eigenvalue weighted by Gasteiger charge is 2.21. The zero-order valence-electron chi connectivity index (χ0n) is 13.2. The number of aromatic nitrogens is 4. The van der Waals surface area contributed by atoms with Crippen LogP contribution in [0.5, 0.6) is 0 Å². The minimum Gasteiger partial charge on any atom is -0.325 e. The molecule has 1 aliphatic carbocycles. The normalized spacial score (nSPS) is 16.3. The molecule has 2 aromatic heterocycles. The zero-order valence-corrected chi connectivity index (χ0v) is 13.2. The third-order valence-corrected chi connectivity index (χ3v) is 4.31. The number of aryl methyl sites for hydroxylation is 1. The Morgan fingerprint density at radius 1 is 1.43 bits per heavy atom. The summed E-state index contributed by atoms with van der Waals surface area (Å²) in [7, 11) is 0. The molecule has 0 aliphatic heterocycles. The number of nitrogens with one attached hydrogen (secondary N) is 1. The second-order valence-corrected chi connectivity index (χ2v) is 6.08. The first-order valence-corrected chi connectivity index (χ1v) is 7.95. The molecule has 21 heavy (non-hydrogen) atoms. The Kier molecular flexibility index (Phi) is 4.10. The van der Waals surface area contributed by atoms with Gasteiger partial charge in [0.15, 0.2) is 0 Å². The summed E-state index contributed by atoms with van der Waals surface area (Å²) >= 11 is 0. The van der Waals surface area contributed by atoms with E-state index in [1.54, 1.807) is 0 Å². The molecule has 1 unspecified atom stereocenters. The Labute approximate surface area is 126 Å². The fourth-order valence-corrected chi connectivity index (χ4v) is 2.46. The Bertz CT molecular complexity index is 594. The molecular weight excluding hydrogens is 262 g/mol. The molecule has 0 bridgehead atoms. The lowest BCUT2D eigenvalue weighted by molar-refractivity contribution is 0.471. The van der Waals surface area contributed by atoms with E-state index in [0.29, 0.717) is 6.04 Å². The van der Waals surface area contributed by atoms with Crippen LogP contribution in [0, 0.1) is 6.92 Å². The van der Waals surface area contributed by atoms with Crippen LogP contribution in [0.4, 0.5) is 0 Å². The van der Waals surface area contributed by atoms with Gasteiger partial charge >= 0.3 is 0 Å². The molecule has 1 aliphatic rings. The molecule has 0 amide bonds. The maximum Gasteiger partial charge on any atom is 0.106 e. The van der Waals surface area contributed by atoms with E-state index in [9.17, 15) is 0 Å². The van der Waals surface area contributed by atoms with E-state index in [1.807, 2.05) is 6.20 Å². The van der Waals surface area contributed by atoms with Crippen LogP contribution < -0.4 is 5.32 Å². The molecule has 0 aromatic carbocycles. The molecule has 1 atom stereocenters. The van der Waals surface area contributed by atoms with Gasteiger partial charge in [-0.05, 0) is 39.2 Å². The van der Waals surface area contributed by atoms with Gasteiger partial charge in [-0.3, -0.25) is 4.68 Å². The summed E-state index contributed by atoms with van der Waals surface area (Å²) in [6.45, 7) is 8.15. The van der Waals surface area contributed by atoms with Crippen molar-refractivity contribution in [3.05, 3.63) is 35.7 Å². The van der Waals surface area contributed by atoms with Crippen molar-refractivity contribution in [2.75, 3.05) is 0 Å². The van der Waals surface area contributed by atoms with Crippen LogP contribution in [0.15, 0.2) is 18.5 Å². The largest absolute Gasteiger partial charge is 0.325 e. The fraction of sp³-hybridized carbons (Fsp3) is 0.625. The van der Waals surface area contributed by atoms with Gasteiger partial charge in [-0.1, -0.05) is 6.92 Å². The highest BCUT2D eigenvalue weighted by molar-refractivity contribution is 5.10. The molecule has 1 saturated carbocycles. The molecule has 5 nitrogen and oxygen atoms in total. The van der Waals surface area contributed by atoms with Gasteiger partial charge in [0.25, 0.3) is 0 Å². The third-order valence-electron chi connectivity index (χ3n) is 4.31. The van der Waals surface area contributed by atoms with Crippen LogP contribution in [0.3, 0.4) is 0 Å². The van der Waals surface area contributed by atoms with Crippen LogP contribution in [0.25, 0.3) is 0 Å². The van der Waals surface area contributed by atoms with Crippen LogP contribution in [-0.2, 0) is 13.1 Å². The quantitative estimate of drug-likeness (QED) is 0.851. The second-order valence-electron chi connectivity index (χ2n) is 6.08. The van der Waals surface area contributed by atoms with Crippen molar-refractivity contribution in [2.45, 2.75) is 65.2 Å². The lowest BCUT2D eigenvalue weighted by atomic mass is 10.3. The minimum atomic E-state index is 0.457. The van der Waals surface area contributed by atoms with E-state index in [0.717, 1.165) is 37.1 Å². The first-order chi connectivity index (χ1) is 10.2. The Balaban J connectivity index is 1.71. The molecule has 1 fully saturated rings. The van der Waals surface area contributed by atoms with E-state index >= 15 is 0 Å². The maximum absolute atomic E-state index is 4.69. The van der Waals surface area contributed by atoms with Crippen LogP contribution in [0.2, 0.25) is 0 Å². The van der Waals surface area contributed by atoms with Crippen molar-refractivity contribution < 1.29 is 0 Å². The van der Waals surface area contributed by atoms with Gasteiger partial charge in [0.05, 0.1) is 17.9 Å². The summed E-state index contributed by atoms with van der Waals surface area (Å²) in [6, 6.07) is 3.29. The summed E-state index contributed by atoms with van der Waals surface area (Å²) in [4.78, 5) is 4.46. The molecular formula is C16H25N5. The number of hydrogen-bond acceptors (Lipinski definition) is 3. The van der Waals surface area contributed by atoms with Gasteiger partial charge in [0, 0.05) is 31.0 Å². The monoisotopic (exact) mass is 287 g/mol. The Morgan fingerprint density at radius 2 is 2.24 bits per heavy atom. The molecule has 2 aromatic rings. The average molecular weight is 287 g/mol. The van der Waals surface area contributed by atoms with Crippen molar-refractivity contribution in [2.24, 2.45) is 0 Å². The number of nitrogens with zero attached hydrogens (tertiary/aromatic N) is 4. The van der Waals surface area contributed by atoms with Crippen molar-refractivity contribution >= 4 is 0 Å². The maximum atomic E-state index is 4.69. The standard InChI is InChI=1S/C16H25N5/c1-4-12(2)21-8-7-15(19-21)11-20-13(3)17-9-16(20)10-18-14-5-6-14/h7-9,12,14,18H,4-6,10-11H2,1-3H3. The highest BCUT2D eigenvalue weighted by Crippen LogP contribution is 2.19. The third kappa shape index (κ3) is 3.35. The fourth-order valence-electron chi connectivity index (χ4n) is 2.46. The van der Waals surface area contributed by atoms with Gasteiger partial charge < -0.3 is 9.88 Å². The van der Waals surface area contributed by atoms with Gasteiger partial charge in [0.2, 0.25) is 0 Å². The Hall–Kier alpha value is -1.62. The van der Waals surface area contributed by atoms with Gasteiger partial charge in [0.1, 0.15) is 5.82 Å². The number of imidazole rings is 1. The van der Waals surface area contributed by atoms with E-state index < -0.39 is 0 Å². The topological polar surface area (TPSA) is 47.7 Å². The van der Waals surface area contributed by atoms with E-state index in [2.05, 4.69) is 52.6 Å². The number of hydrogen-bond donors (Lipinski definition) is 1. The van der Waals surface area contributed by atoms with Crippen LogP contribution >= 0.6 is 0 Å². The predicted octanol–water partition coefficient (Wildman–Crippen LogP) is 2.66. The van der Waals surface area contributed by atoms with Crippen LogP contribution in [0.1, 0.15) is 56.4 Å². The van der Waals surface area contributed by atoms with Crippen molar-refractivity contribution in [3.8, 4) is 0 Å². The molecule has 2 heterocycles. The summed E-state index contributed by atoms with van der Waals surface area (Å²) < 4.78 is 4.32. The molecule has 0 saturated heterocycles. The smallest absolute Gasteiger partial charge is 0.106 e. The van der Waals surface area contributed by atoms with Crippen molar-refractivity contribution in [3.63, 3.8) is 0 Å². The van der Waals surface area contributed by atoms with Crippen molar-refractivity contribution in [1.29, 1.82) is 0 Å². The average Bonchev–Trinajstić information content (AvgIpc) is 3.10. The number of rotatable bonds is 7. The summed E-state index contributed by atoms with van der Waals surface area (Å²) in [6.07, 6.45) is 7.79. The molecule has 1 N–H and O–H groups in total. The van der Waals surface area contributed by atoms with Gasteiger partial charge in [-0.25, -0.2) is 4.98 Å². The first-order valence-electron chi connectivity index (χ1n) is 7.95. The lowest BCUT2D eigenvalue weighted by Gasteiger charge is -2.10.